The van der Waals surface area contributed by atoms with Crippen LogP contribution in [0.1, 0.15) is 0 Å². The highest BCUT2D eigenvalue weighted by molar-refractivity contribution is 4.49. The number of hydrogen-bond acceptors (Lipinski definition) is 46. The Balaban J connectivity index is 3.10. The van der Waals surface area contributed by atoms with Crippen LogP contribution in [-0.2, 0) is 213 Å². The van der Waals surface area contributed by atoms with Crippen molar-refractivity contribution >= 4 is 0 Å². The molecule has 0 saturated carbocycles. The number of aliphatic hydroxyl groups excluding tert-OH is 1. The molecule has 46 nitrogen and oxygen atoms in total. The van der Waals surface area contributed by atoms with Crippen LogP contribution in [0.15, 0.2) is 0 Å². The van der Waals surface area contributed by atoms with Gasteiger partial charge in [0.05, 0.1) is 595 Å². The zero-order valence-corrected chi connectivity index (χ0v) is 83.5. The molecule has 0 saturated heterocycles. The van der Waals surface area contributed by atoms with E-state index in [-0.39, 0.29) is 6.61 Å². The van der Waals surface area contributed by atoms with Gasteiger partial charge in [-0.05, 0) is 0 Å². The lowest BCUT2D eigenvalue weighted by Gasteiger charge is -2.09. The van der Waals surface area contributed by atoms with Crippen LogP contribution >= 0.6 is 0 Å². The summed E-state index contributed by atoms with van der Waals surface area (Å²) < 4.78 is 247. The molecule has 0 aromatic carbocycles. The highest BCUT2D eigenvalue weighted by Crippen LogP contribution is 1.97. The zero-order valence-electron chi connectivity index (χ0n) is 83.5. The Morgan fingerprint density at radius 3 is 0.161 bits per heavy atom. The first kappa shape index (κ1) is 135. The van der Waals surface area contributed by atoms with E-state index in [0.29, 0.717) is 588 Å². The van der Waals surface area contributed by atoms with Gasteiger partial charge in [-0.15, -0.1) is 0 Å². The Labute approximate surface area is 816 Å². The maximum Gasteiger partial charge on any atom is 0.0701 e. The van der Waals surface area contributed by atoms with Gasteiger partial charge in [-0.25, -0.2) is 0 Å². The molecule has 0 atom stereocenters. The predicted octanol–water partition coefficient (Wildman–Crippen LogP) is 0.356. The summed E-state index contributed by atoms with van der Waals surface area (Å²) in [4.78, 5) is 0. The van der Waals surface area contributed by atoms with Crippen LogP contribution in [0.2, 0.25) is 0 Å². The van der Waals surface area contributed by atoms with Crippen LogP contribution in [0.25, 0.3) is 0 Å². The van der Waals surface area contributed by atoms with Gasteiger partial charge in [-0.2, -0.15) is 0 Å². The van der Waals surface area contributed by atoms with Crippen LogP contribution in [0, 0.1) is 0 Å². The molecule has 0 aromatic rings. The molecule has 0 amide bonds. The minimum atomic E-state index is 0.0143. The standard InChI is InChI=1S/C91H184O46/c1-93-4-5-95-8-9-97-12-13-99-16-17-101-20-21-103-24-25-105-28-29-107-32-33-109-36-37-111-40-41-113-44-45-115-48-49-117-52-53-119-56-57-121-60-61-123-64-65-125-68-69-127-72-73-129-76-77-131-80-81-133-84-85-135-88-89-137-91-90-136-87-86-134-83-82-132-79-78-130-75-74-128-71-70-126-67-66-124-63-62-122-59-58-120-55-54-118-51-50-116-47-46-114-43-42-112-39-38-110-35-34-108-31-30-106-27-26-104-23-22-102-19-18-100-15-14-98-11-10-96-7-6-94-3-2-92/h92H,2-91H2,1H3. The van der Waals surface area contributed by atoms with Crippen LogP contribution < -0.4 is 0 Å². The Bertz CT molecular complexity index is 1750. The maximum atomic E-state index is 8.63. The third kappa shape index (κ3) is 134. The molecule has 0 heterocycles. The van der Waals surface area contributed by atoms with Crippen molar-refractivity contribution in [3.8, 4) is 0 Å². The van der Waals surface area contributed by atoms with Crippen molar-refractivity contribution in [3.05, 3.63) is 0 Å². The van der Waals surface area contributed by atoms with Crippen LogP contribution in [0.3, 0.4) is 0 Å². The second-order valence-electron chi connectivity index (χ2n) is 27.7. The van der Waals surface area contributed by atoms with Gasteiger partial charge in [-0.3, -0.25) is 0 Å². The number of ether oxygens (including phenoxy) is 45. The Morgan fingerprint density at radius 2 is 0.117 bits per heavy atom. The van der Waals surface area contributed by atoms with Gasteiger partial charge in [0.1, 0.15) is 0 Å². The first-order valence-corrected chi connectivity index (χ1v) is 48.9. The van der Waals surface area contributed by atoms with E-state index < -0.39 is 0 Å². The minimum Gasteiger partial charge on any atom is -0.394 e. The summed E-state index contributed by atoms with van der Waals surface area (Å²) >= 11 is 0. The van der Waals surface area contributed by atoms with E-state index in [1.54, 1.807) is 7.11 Å². The first-order valence-electron chi connectivity index (χ1n) is 48.9. The topological polar surface area (TPSA) is 436 Å². The molecule has 137 heavy (non-hydrogen) atoms. The number of hydrogen-bond donors (Lipinski definition) is 1. The summed E-state index contributed by atoms with van der Waals surface area (Å²) in [6.07, 6.45) is 0. The molecule has 0 unspecified atom stereocenters. The molecule has 0 aliphatic heterocycles. The van der Waals surface area contributed by atoms with E-state index >= 15 is 0 Å². The summed E-state index contributed by atoms with van der Waals surface area (Å²) in [6.45, 7) is 42.9. The van der Waals surface area contributed by atoms with Gasteiger partial charge in [0.15, 0.2) is 0 Å². The van der Waals surface area contributed by atoms with E-state index in [9.17, 15) is 0 Å². The van der Waals surface area contributed by atoms with E-state index in [0.717, 1.165) is 0 Å². The molecule has 1 N–H and O–H groups in total. The maximum absolute atomic E-state index is 8.63. The third-order valence-corrected chi connectivity index (χ3v) is 16.7. The average Bonchev–Trinajstić information content (AvgIpc) is 1.11. The van der Waals surface area contributed by atoms with Gasteiger partial charge in [0, 0.05) is 7.11 Å². The predicted molar refractivity (Wildman–Crippen MR) is 495 cm³/mol. The number of rotatable bonds is 134. The molecule has 0 rings (SSSR count). The SMILES string of the molecule is COCCOCCOCCOCCOCCOCCOCCOCCOCCOCCOCCOCCOCCOCCOCCOCCOCCOCCOCCOCCOCCOCCOCCOCCOCCOCCOCCOCCOCCOCCOCCOCCOCCOCCOCCOCCOCCOCCOCCOCCOCCOCCOCCOCCOCCO. The second-order valence-corrected chi connectivity index (χ2v) is 27.7. The minimum absolute atomic E-state index is 0.0143. The first-order chi connectivity index (χ1) is 68.4. The summed E-state index contributed by atoms with van der Waals surface area (Å²) in [5.74, 6) is 0. The largest absolute Gasteiger partial charge is 0.394 e. The molecule has 824 valence electrons. The highest BCUT2D eigenvalue weighted by Gasteiger charge is 2.06. The van der Waals surface area contributed by atoms with Crippen molar-refractivity contribution in [1.82, 2.24) is 0 Å². The van der Waals surface area contributed by atoms with E-state index in [2.05, 4.69) is 0 Å². The second kappa shape index (κ2) is 134. The fourth-order valence-electron chi connectivity index (χ4n) is 9.77. The molecule has 0 fully saturated rings. The molecule has 46 heteroatoms. The Morgan fingerprint density at radius 1 is 0.0730 bits per heavy atom. The van der Waals surface area contributed by atoms with Crippen LogP contribution in [0.4, 0.5) is 0 Å². The van der Waals surface area contributed by atoms with Gasteiger partial charge < -0.3 is 218 Å². The summed E-state index contributed by atoms with van der Waals surface area (Å²) in [5.41, 5.74) is 0. The smallest absolute Gasteiger partial charge is 0.0701 e. The third-order valence-electron chi connectivity index (χ3n) is 16.7. The Kier molecular flexibility index (Phi) is 132. The molecule has 0 aromatic heterocycles. The molecular formula is C91H184O46. The van der Waals surface area contributed by atoms with Crippen molar-refractivity contribution < 1.29 is 218 Å². The van der Waals surface area contributed by atoms with Crippen molar-refractivity contribution in [1.29, 1.82) is 0 Å². The summed E-state index contributed by atoms with van der Waals surface area (Å²) in [5, 5.41) is 8.63. The monoisotopic (exact) mass is 2010 g/mol. The molecule has 0 radical (unpaired) electrons. The van der Waals surface area contributed by atoms with E-state index in [4.69, 9.17) is 218 Å². The van der Waals surface area contributed by atoms with E-state index in [1.807, 2.05) is 0 Å². The van der Waals surface area contributed by atoms with E-state index in [1.165, 1.54) is 0 Å². The van der Waals surface area contributed by atoms with Gasteiger partial charge in [-0.1, -0.05) is 0 Å². The summed E-state index contributed by atoms with van der Waals surface area (Å²) in [6, 6.07) is 0. The lowest BCUT2D eigenvalue weighted by atomic mass is 10.6. The molecule has 0 spiro atoms. The van der Waals surface area contributed by atoms with Crippen molar-refractivity contribution in [2.45, 2.75) is 0 Å². The number of methoxy groups -OCH3 is 1. The lowest BCUT2D eigenvalue weighted by molar-refractivity contribution is -0.0329. The molecule has 0 bridgehead atoms. The van der Waals surface area contributed by atoms with Crippen molar-refractivity contribution in [2.75, 3.05) is 602 Å². The van der Waals surface area contributed by atoms with Gasteiger partial charge in [0.2, 0.25) is 0 Å². The van der Waals surface area contributed by atoms with Crippen molar-refractivity contribution in [2.24, 2.45) is 0 Å². The van der Waals surface area contributed by atoms with Crippen LogP contribution in [0.5, 0.6) is 0 Å². The lowest BCUT2D eigenvalue weighted by Crippen LogP contribution is -2.16. The molecule has 0 aliphatic carbocycles. The normalized spacial score (nSPS) is 11.9. The quantitative estimate of drug-likeness (QED) is 0.0803. The molecule has 0 aliphatic rings. The summed E-state index contributed by atoms with van der Waals surface area (Å²) in [7, 11) is 1.64. The average molecular weight is 2010 g/mol. The van der Waals surface area contributed by atoms with Crippen LogP contribution in [-0.4, -0.2) is 607 Å². The molecular weight excluding hydrogens is 1830 g/mol. The van der Waals surface area contributed by atoms with Gasteiger partial charge >= 0.3 is 0 Å². The highest BCUT2D eigenvalue weighted by atomic mass is 16.7. The fourth-order valence-corrected chi connectivity index (χ4v) is 9.77. The fraction of sp³-hybridized carbons (Fsp3) is 1.00. The zero-order chi connectivity index (χ0) is 97.5. The number of aliphatic hydroxyl groups is 1. The van der Waals surface area contributed by atoms with Gasteiger partial charge in [0.25, 0.3) is 0 Å². The Hall–Kier alpha value is -1.84. The van der Waals surface area contributed by atoms with Crippen molar-refractivity contribution in [3.63, 3.8) is 0 Å².